The van der Waals surface area contributed by atoms with Crippen LogP contribution < -0.4 is 24.4 Å². The van der Waals surface area contributed by atoms with Crippen LogP contribution in [0, 0.1) is 5.92 Å². The largest absolute Gasteiger partial charge is 0.497 e. The highest BCUT2D eigenvalue weighted by molar-refractivity contribution is 6.09. The molecule has 28 heavy (non-hydrogen) atoms. The molecule has 0 aliphatic carbocycles. The van der Waals surface area contributed by atoms with E-state index in [-0.39, 0.29) is 18.6 Å². The van der Waals surface area contributed by atoms with Gasteiger partial charge in [0.05, 0.1) is 7.11 Å². The average molecular weight is 382 g/mol. The van der Waals surface area contributed by atoms with Gasteiger partial charge in [0.1, 0.15) is 11.7 Å². The zero-order chi connectivity index (χ0) is 19.5. The normalized spacial score (nSPS) is 17.7. The monoisotopic (exact) mass is 382 g/mol. The van der Waals surface area contributed by atoms with E-state index in [9.17, 15) is 9.59 Å². The maximum atomic E-state index is 12.7. The van der Waals surface area contributed by atoms with Crippen molar-refractivity contribution in [3.05, 3.63) is 48.0 Å². The summed E-state index contributed by atoms with van der Waals surface area (Å²) in [6.07, 6.45) is 1.20. The molecule has 2 heterocycles. The maximum absolute atomic E-state index is 12.7. The molecular weight excluding hydrogens is 360 g/mol. The number of rotatable bonds is 6. The molecule has 2 aromatic rings. The number of amides is 2. The van der Waals surface area contributed by atoms with Crippen LogP contribution in [-0.2, 0) is 16.0 Å². The third kappa shape index (κ3) is 3.60. The Bertz CT molecular complexity index is 881. The van der Waals surface area contributed by atoms with Crippen molar-refractivity contribution in [3.8, 4) is 17.2 Å². The first-order valence-corrected chi connectivity index (χ1v) is 9.27. The number of benzene rings is 2. The van der Waals surface area contributed by atoms with E-state index >= 15 is 0 Å². The van der Waals surface area contributed by atoms with E-state index in [1.807, 2.05) is 30.3 Å². The Morgan fingerprint density at radius 1 is 1.18 bits per heavy atom. The number of methoxy groups -OCH3 is 1. The number of fused-ring (bicyclic) bond motifs is 1. The van der Waals surface area contributed by atoms with E-state index in [4.69, 9.17) is 14.2 Å². The summed E-state index contributed by atoms with van der Waals surface area (Å²) in [4.78, 5) is 26.9. The van der Waals surface area contributed by atoms with Gasteiger partial charge >= 0.3 is 0 Å². The van der Waals surface area contributed by atoms with E-state index < -0.39 is 5.92 Å². The molecule has 146 valence electrons. The van der Waals surface area contributed by atoms with E-state index in [1.165, 1.54) is 0 Å². The molecule has 2 amide bonds. The summed E-state index contributed by atoms with van der Waals surface area (Å²) in [5, 5.41) is 2.88. The zero-order valence-corrected chi connectivity index (χ0v) is 15.6. The summed E-state index contributed by atoms with van der Waals surface area (Å²) in [6, 6.07) is 13.1. The molecule has 7 heteroatoms. The second-order valence-corrected chi connectivity index (χ2v) is 6.76. The van der Waals surface area contributed by atoms with Crippen LogP contribution in [0.5, 0.6) is 17.2 Å². The van der Waals surface area contributed by atoms with Crippen molar-refractivity contribution >= 4 is 17.5 Å². The molecule has 0 spiro atoms. The minimum Gasteiger partial charge on any atom is -0.497 e. The van der Waals surface area contributed by atoms with Gasteiger partial charge in [-0.15, -0.1) is 0 Å². The average Bonchev–Trinajstić information content (AvgIpc) is 3.34. The third-order valence-corrected chi connectivity index (χ3v) is 5.06. The molecule has 1 saturated heterocycles. The SMILES string of the molecule is COc1ccc(CCNC(=O)C2CCN(c3ccc4c(c3)OCO4)C2=O)cc1. The highest BCUT2D eigenvalue weighted by atomic mass is 16.7. The first kappa shape index (κ1) is 18.2. The number of nitrogens with zero attached hydrogens (tertiary/aromatic N) is 1. The van der Waals surface area contributed by atoms with Crippen LogP contribution in [0.4, 0.5) is 5.69 Å². The van der Waals surface area contributed by atoms with Gasteiger partial charge in [-0.05, 0) is 42.7 Å². The molecule has 2 aliphatic rings. The first-order chi connectivity index (χ1) is 13.7. The molecule has 7 nitrogen and oxygen atoms in total. The zero-order valence-electron chi connectivity index (χ0n) is 15.6. The van der Waals surface area contributed by atoms with Crippen molar-refractivity contribution in [1.82, 2.24) is 5.32 Å². The summed E-state index contributed by atoms with van der Waals surface area (Å²) in [5.74, 6) is 1.04. The van der Waals surface area contributed by atoms with Gasteiger partial charge in [-0.2, -0.15) is 0 Å². The van der Waals surface area contributed by atoms with Crippen molar-refractivity contribution < 1.29 is 23.8 Å². The number of ether oxygens (including phenoxy) is 3. The minimum atomic E-state index is -0.652. The van der Waals surface area contributed by atoms with E-state index in [2.05, 4.69) is 5.32 Å². The highest BCUT2D eigenvalue weighted by Crippen LogP contribution is 2.37. The second-order valence-electron chi connectivity index (χ2n) is 6.76. The lowest BCUT2D eigenvalue weighted by atomic mass is 10.1. The van der Waals surface area contributed by atoms with Gasteiger partial charge in [0.25, 0.3) is 0 Å². The fourth-order valence-corrected chi connectivity index (χ4v) is 3.48. The van der Waals surface area contributed by atoms with Gasteiger partial charge in [-0.1, -0.05) is 12.1 Å². The summed E-state index contributed by atoms with van der Waals surface area (Å²) >= 11 is 0. The Balaban J connectivity index is 1.32. The number of carbonyl (C=O) groups excluding carboxylic acids is 2. The van der Waals surface area contributed by atoms with Crippen molar-refractivity contribution in [3.63, 3.8) is 0 Å². The number of anilines is 1. The number of hydrogen-bond donors (Lipinski definition) is 1. The molecule has 1 atom stereocenters. The number of nitrogens with one attached hydrogen (secondary N) is 1. The van der Waals surface area contributed by atoms with Crippen molar-refractivity contribution in [2.45, 2.75) is 12.8 Å². The van der Waals surface area contributed by atoms with Crippen molar-refractivity contribution in [2.24, 2.45) is 5.92 Å². The van der Waals surface area contributed by atoms with Crippen LogP contribution in [-0.4, -0.2) is 38.8 Å². The number of hydrogen-bond acceptors (Lipinski definition) is 5. The van der Waals surface area contributed by atoms with Gasteiger partial charge in [-0.25, -0.2) is 0 Å². The summed E-state index contributed by atoms with van der Waals surface area (Å²) in [7, 11) is 1.63. The molecule has 1 fully saturated rings. The van der Waals surface area contributed by atoms with Crippen LogP contribution in [0.15, 0.2) is 42.5 Å². The minimum absolute atomic E-state index is 0.180. The van der Waals surface area contributed by atoms with Crippen LogP contribution in [0.3, 0.4) is 0 Å². The fraction of sp³-hybridized carbons (Fsp3) is 0.333. The molecule has 4 rings (SSSR count). The van der Waals surface area contributed by atoms with Crippen LogP contribution in [0.2, 0.25) is 0 Å². The summed E-state index contributed by atoms with van der Waals surface area (Å²) in [6.45, 7) is 1.18. The van der Waals surface area contributed by atoms with Gasteiger partial charge in [0, 0.05) is 24.8 Å². The van der Waals surface area contributed by atoms with E-state index in [1.54, 1.807) is 24.1 Å². The molecule has 1 N–H and O–H groups in total. The lowest BCUT2D eigenvalue weighted by Gasteiger charge is -2.17. The standard InChI is InChI=1S/C21H22N2O5/c1-26-16-5-2-14(3-6-16)8-10-22-20(24)17-9-11-23(21(17)25)15-4-7-18-19(12-15)28-13-27-18/h2-7,12,17H,8-11,13H2,1H3,(H,22,24). The van der Waals surface area contributed by atoms with Gasteiger partial charge in [-0.3, -0.25) is 9.59 Å². The molecule has 0 saturated carbocycles. The maximum Gasteiger partial charge on any atom is 0.239 e. The fourth-order valence-electron chi connectivity index (χ4n) is 3.48. The van der Waals surface area contributed by atoms with Crippen molar-refractivity contribution in [1.29, 1.82) is 0 Å². The second kappa shape index (κ2) is 7.80. The topological polar surface area (TPSA) is 77.1 Å². The molecule has 0 aromatic heterocycles. The molecule has 2 aromatic carbocycles. The molecule has 0 bridgehead atoms. The van der Waals surface area contributed by atoms with Crippen LogP contribution in [0.25, 0.3) is 0 Å². The first-order valence-electron chi connectivity index (χ1n) is 9.27. The lowest BCUT2D eigenvalue weighted by Crippen LogP contribution is -2.37. The quantitative estimate of drug-likeness (QED) is 0.775. The summed E-state index contributed by atoms with van der Waals surface area (Å²) < 4.78 is 15.8. The smallest absolute Gasteiger partial charge is 0.239 e. The van der Waals surface area contributed by atoms with Crippen LogP contribution in [0.1, 0.15) is 12.0 Å². The Morgan fingerprint density at radius 2 is 1.96 bits per heavy atom. The Morgan fingerprint density at radius 3 is 2.75 bits per heavy atom. The number of carbonyl (C=O) groups is 2. The Labute approximate surface area is 163 Å². The van der Waals surface area contributed by atoms with Crippen molar-refractivity contribution in [2.75, 3.05) is 31.9 Å². The third-order valence-electron chi connectivity index (χ3n) is 5.06. The van der Waals surface area contributed by atoms with E-state index in [0.717, 1.165) is 17.0 Å². The van der Waals surface area contributed by atoms with Gasteiger partial charge < -0.3 is 24.4 Å². The molecular formula is C21H22N2O5. The predicted octanol–water partition coefficient (Wildman–Crippen LogP) is 2.14. The molecule has 2 aliphatic heterocycles. The molecule has 0 radical (unpaired) electrons. The lowest BCUT2D eigenvalue weighted by molar-refractivity contribution is -0.132. The predicted molar refractivity (Wildman–Crippen MR) is 103 cm³/mol. The van der Waals surface area contributed by atoms with E-state index in [0.29, 0.717) is 37.4 Å². The Hall–Kier alpha value is -3.22. The Kier molecular flexibility index (Phi) is 5.06. The van der Waals surface area contributed by atoms with Gasteiger partial charge in [0.15, 0.2) is 11.5 Å². The van der Waals surface area contributed by atoms with Gasteiger partial charge in [0.2, 0.25) is 18.6 Å². The van der Waals surface area contributed by atoms with Crippen LogP contribution >= 0.6 is 0 Å². The highest BCUT2D eigenvalue weighted by Gasteiger charge is 2.37. The summed E-state index contributed by atoms with van der Waals surface area (Å²) in [5.41, 5.74) is 1.82. The molecule has 1 unspecified atom stereocenters.